The SMILES string of the molecule is COc1ccc(-c2nn(-c3ccccc3)cc2C(=O)OC(C)C(=O)N2CCNC2=O)cc1. The summed E-state index contributed by atoms with van der Waals surface area (Å²) in [6.45, 7) is 2.06. The molecule has 1 aromatic heterocycles. The van der Waals surface area contributed by atoms with E-state index in [1.807, 2.05) is 30.3 Å². The molecule has 2 heterocycles. The molecule has 0 saturated carbocycles. The Morgan fingerprint density at radius 2 is 1.81 bits per heavy atom. The van der Waals surface area contributed by atoms with Gasteiger partial charge in [-0.1, -0.05) is 18.2 Å². The minimum absolute atomic E-state index is 0.199. The lowest BCUT2D eigenvalue weighted by molar-refractivity contribution is -0.136. The number of esters is 1. The largest absolute Gasteiger partial charge is 0.497 e. The van der Waals surface area contributed by atoms with Crippen molar-refractivity contribution >= 4 is 17.9 Å². The van der Waals surface area contributed by atoms with Crippen molar-refractivity contribution in [3.63, 3.8) is 0 Å². The van der Waals surface area contributed by atoms with Gasteiger partial charge in [0.15, 0.2) is 6.10 Å². The Morgan fingerprint density at radius 1 is 1.09 bits per heavy atom. The number of urea groups is 1. The number of hydrogen-bond acceptors (Lipinski definition) is 6. The second-order valence-corrected chi connectivity index (χ2v) is 7.17. The number of carbonyl (C=O) groups is 3. The Labute approximate surface area is 184 Å². The van der Waals surface area contributed by atoms with E-state index >= 15 is 0 Å². The van der Waals surface area contributed by atoms with Crippen molar-refractivity contribution in [1.29, 1.82) is 0 Å². The van der Waals surface area contributed by atoms with Gasteiger partial charge in [0.2, 0.25) is 0 Å². The quantitative estimate of drug-likeness (QED) is 0.599. The molecule has 2 aromatic carbocycles. The van der Waals surface area contributed by atoms with Crippen LogP contribution in [0, 0.1) is 0 Å². The Hall–Kier alpha value is -4.14. The third-order valence-electron chi connectivity index (χ3n) is 5.07. The second kappa shape index (κ2) is 8.93. The predicted octanol–water partition coefficient (Wildman–Crippen LogP) is 2.64. The summed E-state index contributed by atoms with van der Waals surface area (Å²) in [6.07, 6.45) is 0.437. The van der Waals surface area contributed by atoms with Gasteiger partial charge < -0.3 is 14.8 Å². The number of para-hydroxylation sites is 1. The molecular weight excluding hydrogens is 412 g/mol. The number of hydrogen-bond donors (Lipinski definition) is 1. The molecule has 1 unspecified atom stereocenters. The fourth-order valence-corrected chi connectivity index (χ4v) is 3.37. The number of benzene rings is 2. The first-order valence-electron chi connectivity index (χ1n) is 10.1. The molecule has 0 radical (unpaired) electrons. The summed E-state index contributed by atoms with van der Waals surface area (Å²) in [4.78, 5) is 38.4. The maximum atomic E-state index is 13.0. The van der Waals surface area contributed by atoms with Gasteiger partial charge in [-0.05, 0) is 43.3 Å². The van der Waals surface area contributed by atoms with Crippen LogP contribution in [0.5, 0.6) is 5.75 Å². The maximum absolute atomic E-state index is 13.0. The number of ether oxygens (including phenoxy) is 2. The summed E-state index contributed by atoms with van der Waals surface area (Å²) < 4.78 is 12.2. The number of nitrogens with one attached hydrogen (secondary N) is 1. The zero-order valence-electron chi connectivity index (χ0n) is 17.6. The first kappa shape index (κ1) is 21.1. The summed E-state index contributed by atoms with van der Waals surface area (Å²) in [5, 5.41) is 7.14. The Balaban J connectivity index is 1.64. The molecular formula is C23H22N4O5. The lowest BCUT2D eigenvalue weighted by Gasteiger charge is -2.18. The molecule has 1 saturated heterocycles. The molecule has 0 spiro atoms. The summed E-state index contributed by atoms with van der Waals surface area (Å²) in [5.74, 6) is -0.614. The average Bonchev–Trinajstić information content (AvgIpc) is 3.46. The van der Waals surface area contributed by atoms with E-state index in [2.05, 4.69) is 10.4 Å². The van der Waals surface area contributed by atoms with Gasteiger partial charge in [-0.15, -0.1) is 0 Å². The van der Waals surface area contributed by atoms with Crippen LogP contribution < -0.4 is 10.1 Å². The maximum Gasteiger partial charge on any atom is 0.342 e. The minimum atomic E-state index is -1.13. The van der Waals surface area contributed by atoms with Crippen molar-refractivity contribution in [2.45, 2.75) is 13.0 Å². The Bertz CT molecular complexity index is 1140. The molecule has 4 rings (SSSR count). The van der Waals surface area contributed by atoms with Crippen molar-refractivity contribution in [3.05, 3.63) is 66.4 Å². The lowest BCUT2D eigenvalue weighted by atomic mass is 10.1. The fourth-order valence-electron chi connectivity index (χ4n) is 3.37. The van der Waals surface area contributed by atoms with Crippen molar-refractivity contribution < 1.29 is 23.9 Å². The van der Waals surface area contributed by atoms with E-state index in [0.29, 0.717) is 23.6 Å². The van der Waals surface area contributed by atoms with Gasteiger partial charge >= 0.3 is 12.0 Å². The molecule has 164 valence electrons. The van der Waals surface area contributed by atoms with Crippen LogP contribution in [0.25, 0.3) is 16.9 Å². The van der Waals surface area contributed by atoms with Crippen LogP contribution in [0.1, 0.15) is 17.3 Å². The van der Waals surface area contributed by atoms with E-state index in [0.717, 1.165) is 10.6 Å². The molecule has 1 aliphatic heterocycles. The topological polar surface area (TPSA) is 103 Å². The molecule has 1 atom stereocenters. The van der Waals surface area contributed by atoms with Crippen LogP contribution in [-0.4, -0.2) is 58.9 Å². The fraction of sp³-hybridized carbons (Fsp3) is 0.217. The van der Waals surface area contributed by atoms with E-state index < -0.39 is 24.0 Å². The minimum Gasteiger partial charge on any atom is -0.497 e. The molecule has 1 fully saturated rings. The zero-order valence-corrected chi connectivity index (χ0v) is 17.6. The number of carbonyl (C=O) groups excluding carboxylic acids is 3. The van der Waals surface area contributed by atoms with Crippen molar-refractivity contribution in [2.24, 2.45) is 0 Å². The number of amides is 3. The van der Waals surface area contributed by atoms with E-state index in [9.17, 15) is 14.4 Å². The van der Waals surface area contributed by atoms with Crippen molar-refractivity contribution in [2.75, 3.05) is 20.2 Å². The first-order valence-corrected chi connectivity index (χ1v) is 10.1. The van der Waals surface area contributed by atoms with Crippen molar-refractivity contribution in [3.8, 4) is 22.7 Å². The van der Waals surface area contributed by atoms with Gasteiger partial charge in [0.1, 0.15) is 17.0 Å². The van der Waals surface area contributed by atoms with Gasteiger partial charge in [0.25, 0.3) is 5.91 Å². The standard InChI is InChI=1S/C23H22N4O5/c1-15(21(28)26-13-12-24-23(26)30)32-22(29)19-14-27(17-6-4-3-5-7-17)25-20(19)16-8-10-18(31-2)11-9-16/h3-11,14-15H,12-13H2,1-2H3,(H,24,30). The number of aromatic nitrogens is 2. The van der Waals surface area contributed by atoms with Crippen LogP contribution in [0.2, 0.25) is 0 Å². The highest BCUT2D eigenvalue weighted by molar-refractivity contribution is 6.01. The second-order valence-electron chi connectivity index (χ2n) is 7.17. The summed E-state index contributed by atoms with van der Waals surface area (Å²) >= 11 is 0. The average molecular weight is 434 g/mol. The lowest BCUT2D eigenvalue weighted by Crippen LogP contribution is -2.41. The van der Waals surface area contributed by atoms with Gasteiger partial charge in [-0.25, -0.2) is 14.3 Å². The molecule has 3 aromatic rings. The van der Waals surface area contributed by atoms with Crippen LogP contribution in [0.15, 0.2) is 60.8 Å². The van der Waals surface area contributed by atoms with E-state index in [1.165, 1.54) is 6.92 Å². The molecule has 1 aliphatic rings. The predicted molar refractivity (Wildman–Crippen MR) is 116 cm³/mol. The van der Waals surface area contributed by atoms with Crippen LogP contribution in [0.3, 0.4) is 0 Å². The number of methoxy groups -OCH3 is 1. The van der Waals surface area contributed by atoms with Crippen LogP contribution in [-0.2, 0) is 9.53 Å². The summed E-state index contributed by atoms with van der Waals surface area (Å²) in [6, 6.07) is 16.0. The molecule has 3 amide bonds. The highest BCUT2D eigenvalue weighted by Crippen LogP contribution is 2.27. The smallest absolute Gasteiger partial charge is 0.342 e. The van der Waals surface area contributed by atoms with E-state index in [-0.39, 0.29) is 12.1 Å². The van der Waals surface area contributed by atoms with Crippen LogP contribution >= 0.6 is 0 Å². The number of nitrogens with zero attached hydrogens (tertiary/aromatic N) is 3. The monoisotopic (exact) mass is 434 g/mol. The van der Waals surface area contributed by atoms with E-state index in [4.69, 9.17) is 9.47 Å². The van der Waals surface area contributed by atoms with E-state index in [1.54, 1.807) is 42.3 Å². The van der Waals surface area contributed by atoms with Gasteiger partial charge in [-0.3, -0.25) is 9.69 Å². The third kappa shape index (κ3) is 4.18. The molecule has 9 heteroatoms. The highest BCUT2D eigenvalue weighted by Gasteiger charge is 2.32. The van der Waals surface area contributed by atoms with Gasteiger partial charge in [0.05, 0.1) is 12.8 Å². The molecule has 0 bridgehead atoms. The summed E-state index contributed by atoms with van der Waals surface area (Å²) in [5.41, 5.74) is 2.05. The molecule has 0 aliphatic carbocycles. The zero-order chi connectivity index (χ0) is 22.7. The van der Waals surface area contributed by atoms with Gasteiger partial charge in [-0.2, -0.15) is 5.10 Å². The molecule has 32 heavy (non-hydrogen) atoms. The van der Waals surface area contributed by atoms with Crippen LogP contribution in [0.4, 0.5) is 4.79 Å². The van der Waals surface area contributed by atoms with Crippen molar-refractivity contribution in [1.82, 2.24) is 20.0 Å². The molecule has 1 N–H and O–H groups in total. The number of imide groups is 1. The van der Waals surface area contributed by atoms with Gasteiger partial charge in [0, 0.05) is 24.8 Å². The Morgan fingerprint density at radius 3 is 2.44 bits per heavy atom. The Kier molecular flexibility index (Phi) is 5.89. The normalized spacial score (nSPS) is 14.1. The summed E-state index contributed by atoms with van der Waals surface area (Å²) in [7, 11) is 1.57. The highest BCUT2D eigenvalue weighted by atomic mass is 16.5. The number of rotatable bonds is 6. The first-order chi connectivity index (χ1) is 15.5. The third-order valence-corrected chi connectivity index (χ3v) is 5.07. The molecule has 9 nitrogen and oxygen atoms in total.